The molecule has 24 heavy (non-hydrogen) atoms. The molecular weight excluding hydrogens is 334 g/mol. The van der Waals surface area contributed by atoms with Crippen LogP contribution in [-0.4, -0.2) is 23.3 Å². The largest absolute Gasteiger partial charge is 0.347 e. The standard InChI is InChI=1S/C16H14ClN3O4/c17-12-7-5-11(6-8-12)9-10-18-15(21)16(22)19-13-3-1-2-4-14(13)20(23)24/h1-8H,9-10H2,(H,18,21)(H,19,22). The molecule has 2 aromatic carbocycles. The van der Waals surface area contributed by atoms with Gasteiger partial charge in [0.05, 0.1) is 4.92 Å². The Kier molecular flexibility index (Phi) is 5.86. The number of benzene rings is 2. The number of nitro groups is 1. The molecule has 0 unspecified atom stereocenters. The van der Waals surface area contributed by atoms with Crippen LogP contribution in [-0.2, 0) is 16.0 Å². The number of nitro benzene ring substituents is 1. The predicted octanol–water partition coefficient (Wildman–Crippen LogP) is 2.55. The molecular formula is C16H14ClN3O4. The fourth-order valence-electron chi connectivity index (χ4n) is 1.97. The Bertz CT molecular complexity index is 762. The Balaban J connectivity index is 1.87. The fourth-order valence-corrected chi connectivity index (χ4v) is 2.10. The first-order valence-corrected chi connectivity index (χ1v) is 7.42. The number of para-hydroxylation sites is 2. The molecule has 0 aliphatic heterocycles. The molecule has 0 radical (unpaired) electrons. The first kappa shape index (κ1) is 17.4. The highest BCUT2D eigenvalue weighted by Crippen LogP contribution is 2.22. The Hall–Kier alpha value is -2.93. The van der Waals surface area contributed by atoms with Crippen molar-refractivity contribution in [1.82, 2.24) is 5.32 Å². The normalized spacial score (nSPS) is 10.0. The molecule has 124 valence electrons. The first-order valence-electron chi connectivity index (χ1n) is 7.04. The molecule has 0 heterocycles. The summed E-state index contributed by atoms with van der Waals surface area (Å²) in [4.78, 5) is 33.8. The van der Waals surface area contributed by atoms with E-state index in [0.29, 0.717) is 11.4 Å². The van der Waals surface area contributed by atoms with Crippen molar-refractivity contribution in [1.29, 1.82) is 0 Å². The minimum Gasteiger partial charge on any atom is -0.347 e. The van der Waals surface area contributed by atoms with Crippen LogP contribution in [0.2, 0.25) is 5.02 Å². The zero-order valence-electron chi connectivity index (χ0n) is 12.5. The van der Waals surface area contributed by atoms with Crippen molar-refractivity contribution < 1.29 is 14.5 Å². The minimum atomic E-state index is -0.958. The van der Waals surface area contributed by atoms with E-state index < -0.39 is 16.7 Å². The second kappa shape index (κ2) is 8.07. The van der Waals surface area contributed by atoms with Crippen molar-refractivity contribution in [2.45, 2.75) is 6.42 Å². The third-order valence-electron chi connectivity index (χ3n) is 3.17. The molecule has 0 bridgehead atoms. The molecule has 0 aliphatic rings. The molecule has 0 saturated carbocycles. The number of nitrogens with zero attached hydrogens (tertiary/aromatic N) is 1. The summed E-state index contributed by atoms with van der Waals surface area (Å²) >= 11 is 5.78. The number of amides is 2. The number of carbonyl (C=O) groups excluding carboxylic acids is 2. The van der Waals surface area contributed by atoms with Gasteiger partial charge in [0.15, 0.2) is 0 Å². The van der Waals surface area contributed by atoms with E-state index >= 15 is 0 Å². The van der Waals surface area contributed by atoms with E-state index in [1.165, 1.54) is 24.3 Å². The van der Waals surface area contributed by atoms with E-state index in [9.17, 15) is 19.7 Å². The Morgan fingerprint density at radius 1 is 1.04 bits per heavy atom. The molecule has 0 aliphatic carbocycles. The van der Waals surface area contributed by atoms with E-state index in [0.717, 1.165) is 5.56 Å². The van der Waals surface area contributed by atoms with Crippen LogP contribution < -0.4 is 10.6 Å². The molecule has 2 N–H and O–H groups in total. The smallest absolute Gasteiger partial charge is 0.313 e. The minimum absolute atomic E-state index is 0.0275. The van der Waals surface area contributed by atoms with Gasteiger partial charge in [-0.1, -0.05) is 35.9 Å². The molecule has 2 aromatic rings. The molecule has 8 heteroatoms. The number of hydrogen-bond donors (Lipinski definition) is 2. The van der Waals surface area contributed by atoms with Crippen molar-refractivity contribution in [2.75, 3.05) is 11.9 Å². The van der Waals surface area contributed by atoms with Crippen molar-refractivity contribution in [3.63, 3.8) is 0 Å². The van der Waals surface area contributed by atoms with Crippen LogP contribution in [0.5, 0.6) is 0 Å². The summed E-state index contributed by atoms with van der Waals surface area (Å²) in [6, 6.07) is 12.7. The lowest BCUT2D eigenvalue weighted by molar-refractivity contribution is -0.383. The maximum Gasteiger partial charge on any atom is 0.313 e. The van der Waals surface area contributed by atoms with Crippen LogP contribution in [0.4, 0.5) is 11.4 Å². The fraction of sp³-hybridized carbons (Fsp3) is 0.125. The Labute approximate surface area is 142 Å². The molecule has 0 fully saturated rings. The summed E-state index contributed by atoms with van der Waals surface area (Å²) < 4.78 is 0. The molecule has 0 atom stereocenters. The van der Waals surface area contributed by atoms with Crippen molar-refractivity contribution in [3.05, 3.63) is 69.2 Å². The van der Waals surface area contributed by atoms with E-state index in [1.54, 1.807) is 12.1 Å². The van der Waals surface area contributed by atoms with Gasteiger partial charge in [-0.3, -0.25) is 19.7 Å². The molecule has 2 rings (SSSR count). The van der Waals surface area contributed by atoms with E-state index in [2.05, 4.69) is 10.6 Å². The highest BCUT2D eigenvalue weighted by Gasteiger charge is 2.19. The number of rotatable bonds is 5. The zero-order chi connectivity index (χ0) is 17.5. The van der Waals surface area contributed by atoms with Gasteiger partial charge in [0.2, 0.25) is 0 Å². The van der Waals surface area contributed by atoms with Crippen molar-refractivity contribution in [2.24, 2.45) is 0 Å². The van der Waals surface area contributed by atoms with Crippen molar-refractivity contribution >= 4 is 34.8 Å². The number of nitrogens with one attached hydrogen (secondary N) is 2. The quantitative estimate of drug-likeness (QED) is 0.493. The Morgan fingerprint density at radius 2 is 1.71 bits per heavy atom. The predicted molar refractivity (Wildman–Crippen MR) is 89.9 cm³/mol. The van der Waals surface area contributed by atoms with Gasteiger partial charge in [0.25, 0.3) is 5.69 Å². The highest BCUT2D eigenvalue weighted by molar-refractivity contribution is 6.39. The number of carbonyl (C=O) groups is 2. The summed E-state index contributed by atoms with van der Waals surface area (Å²) in [7, 11) is 0. The maximum absolute atomic E-state index is 11.8. The van der Waals surface area contributed by atoms with Crippen LogP contribution in [0.1, 0.15) is 5.56 Å². The molecule has 0 spiro atoms. The van der Waals surface area contributed by atoms with Gasteiger partial charge in [-0.2, -0.15) is 0 Å². The second-order valence-corrected chi connectivity index (χ2v) is 5.30. The van der Waals surface area contributed by atoms with Gasteiger partial charge >= 0.3 is 11.8 Å². The van der Waals surface area contributed by atoms with Crippen LogP contribution in [0, 0.1) is 10.1 Å². The highest BCUT2D eigenvalue weighted by atomic mass is 35.5. The summed E-state index contributed by atoms with van der Waals surface area (Å²) in [5.74, 6) is -1.82. The van der Waals surface area contributed by atoms with Gasteiger partial charge in [-0.25, -0.2) is 0 Å². The van der Waals surface area contributed by atoms with E-state index in [-0.39, 0.29) is 17.9 Å². The van der Waals surface area contributed by atoms with Crippen LogP contribution in [0.3, 0.4) is 0 Å². The number of anilines is 1. The lowest BCUT2D eigenvalue weighted by Gasteiger charge is -2.07. The molecule has 0 saturated heterocycles. The van der Waals surface area contributed by atoms with Gasteiger partial charge in [0, 0.05) is 17.6 Å². The first-order chi connectivity index (χ1) is 11.5. The molecule has 0 aromatic heterocycles. The van der Waals surface area contributed by atoms with Crippen molar-refractivity contribution in [3.8, 4) is 0 Å². The maximum atomic E-state index is 11.8. The third-order valence-corrected chi connectivity index (χ3v) is 3.42. The number of halogens is 1. The zero-order valence-corrected chi connectivity index (χ0v) is 13.2. The summed E-state index contributed by atoms with van der Waals surface area (Å²) in [5, 5.41) is 16.2. The SMILES string of the molecule is O=C(NCCc1ccc(Cl)cc1)C(=O)Nc1ccccc1[N+](=O)[O-]. The molecule has 2 amide bonds. The number of hydrogen-bond acceptors (Lipinski definition) is 4. The topological polar surface area (TPSA) is 101 Å². The van der Waals surface area contributed by atoms with Gasteiger partial charge in [0.1, 0.15) is 5.69 Å². The van der Waals surface area contributed by atoms with Crippen LogP contribution in [0.15, 0.2) is 48.5 Å². The van der Waals surface area contributed by atoms with Crippen LogP contribution >= 0.6 is 11.6 Å². The second-order valence-electron chi connectivity index (χ2n) is 4.86. The lowest BCUT2D eigenvalue weighted by Crippen LogP contribution is -2.36. The monoisotopic (exact) mass is 347 g/mol. The van der Waals surface area contributed by atoms with E-state index in [1.807, 2.05) is 12.1 Å². The van der Waals surface area contributed by atoms with Gasteiger partial charge < -0.3 is 10.6 Å². The van der Waals surface area contributed by atoms with E-state index in [4.69, 9.17) is 11.6 Å². The molecule has 7 nitrogen and oxygen atoms in total. The van der Waals surface area contributed by atoms with Gasteiger partial charge in [-0.05, 0) is 30.2 Å². The average molecular weight is 348 g/mol. The average Bonchev–Trinajstić information content (AvgIpc) is 2.56. The van der Waals surface area contributed by atoms with Crippen LogP contribution in [0.25, 0.3) is 0 Å². The summed E-state index contributed by atoms with van der Waals surface area (Å²) in [6.45, 7) is 0.255. The lowest BCUT2D eigenvalue weighted by atomic mass is 10.1. The Morgan fingerprint density at radius 3 is 2.38 bits per heavy atom. The summed E-state index contributed by atoms with van der Waals surface area (Å²) in [6.07, 6.45) is 0.529. The van der Waals surface area contributed by atoms with Gasteiger partial charge in [-0.15, -0.1) is 0 Å². The summed E-state index contributed by atoms with van der Waals surface area (Å²) in [5.41, 5.74) is 0.652. The third kappa shape index (κ3) is 4.79.